The van der Waals surface area contributed by atoms with Gasteiger partial charge in [0.25, 0.3) is 5.91 Å². The maximum absolute atomic E-state index is 12.8. The quantitative estimate of drug-likeness (QED) is 0.395. The molecule has 0 fully saturated rings. The lowest BCUT2D eigenvalue weighted by atomic mass is 10.2. The van der Waals surface area contributed by atoms with Crippen molar-refractivity contribution in [2.24, 2.45) is 0 Å². The summed E-state index contributed by atoms with van der Waals surface area (Å²) in [4.78, 5) is 11.9. The number of nitrogens with zero attached hydrogens (tertiary/aromatic N) is 1. The zero-order valence-electron chi connectivity index (χ0n) is 13.3. The molecule has 0 spiro atoms. The molecule has 23 heavy (non-hydrogen) atoms. The molecule has 0 heterocycles. The van der Waals surface area contributed by atoms with E-state index in [1.54, 1.807) is 0 Å². The molecule has 0 aromatic heterocycles. The lowest BCUT2D eigenvalue weighted by Crippen LogP contribution is -2.17. The molecule has 1 amide bonds. The molecule has 0 bridgehead atoms. The van der Waals surface area contributed by atoms with Gasteiger partial charge in [0.2, 0.25) is 0 Å². The van der Waals surface area contributed by atoms with Gasteiger partial charge in [0.15, 0.2) is 0 Å². The third-order valence-electron chi connectivity index (χ3n) is 2.97. The third-order valence-corrected chi connectivity index (χ3v) is 2.97. The number of hydrogen-bond donors (Lipinski definition) is 2. The number of unbranched alkanes of at least 4 members (excludes halogenated alkanes) is 1. The van der Waals surface area contributed by atoms with Crippen LogP contribution >= 0.6 is 0 Å². The molecule has 0 radical (unpaired) electrons. The molecule has 0 aliphatic heterocycles. The molecule has 0 aliphatic rings. The molecule has 6 heteroatoms. The van der Waals surface area contributed by atoms with Gasteiger partial charge in [-0.15, -0.1) is 0 Å². The van der Waals surface area contributed by atoms with E-state index in [9.17, 15) is 9.18 Å². The highest BCUT2D eigenvalue weighted by atomic mass is 19.1. The molecule has 124 valence electrons. The van der Waals surface area contributed by atoms with Crippen molar-refractivity contribution in [2.75, 3.05) is 25.1 Å². The molecule has 2 N–H and O–H groups in total. The fraction of sp³-hybridized carbons (Fsp3) is 0.412. The minimum absolute atomic E-state index is 0.0405. The highest BCUT2D eigenvalue weighted by molar-refractivity contribution is 6.06. The van der Waals surface area contributed by atoms with Gasteiger partial charge in [-0.1, -0.05) is 13.3 Å². The van der Waals surface area contributed by atoms with Crippen LogP contribution in [0.3, 0.4) is 0 Å². The van der Waals surface area contributed by atoms with Crippen LogP contribution in [0.1, 0.15) is 26.2 Å². The van der Waals surface area contributed by atoms with E-state index < -0.39 is 5.91 Å². The minimum atomic E-state index is -0.536. The van der Waals surface area contributed by atoms with E-state index in [4.69, 9.17) is 10.00 Å². The molecule has 1 aromatic rings. The van der Waals surface area contributed by atoms with Crippen molar-refractivity contribution in [2.45, 2.75) is 26.2 Å². The van der Waals surface area contributed by atoms with Crippen molar-refractivity contribution >= 4 is 11.6 Å². The summed E-state index contributed by atoms with van der Waals surface area (Å²) >= 11 is 0. The van der Waals surface area contributed by atoms with Crippen molar-refractivity contribution in [3.05, 3.63) is 41.9 Å². The van der Waals surface area contributed by atoms with Crippen LogP contribution in [-0.2, 0) is 9.53 Å². The number of nitrogens with one attached hydrogen (secondary N) is 2. The van der Waals surface area contributed by atoms with E-state index in [-0.39, 0.29) is 11.4 Å². The molecule has 5 nitrogen and oxygen atoms in total. The van der Waals surface area contributed by atoms with Crippen LogP contribution in [0, 0.1) is 17.1 Å². The van der Waals surface area contributed by atoms with Gasteiger partial charge in [-0.05, 0) is 37.1 Å². The fourth-order valence-corrected chi connectivity index (χ4v) is 1.68. The summed E-state index contributed by atoms with van der Waals surface area (Å²) in [5.74, 6) is -0.923. The maximum atomic E-state index is 12.8. The number of anilines is 1. The van der Waals surface area contributed by atoms with E-state index in [2.05, 4.69) is 17.6 Å². The maximum Gasteiger partial charge on any atom is 0.267 e. The monoisotopic (exact) mass is 319 g/mol. The number of ether oxygens (including phenoxy) is 1. The highest BCUT2D eigenvalue weighted by Crippen LogP contribution is 2.09. The Balaban J connectivity index is 2.32. The van der Waals surface area contributed by atoms with Crippen LogP contribution in [0.4, 0.5) is 10.1 Å². The first-order chi connectivity index (χ1) is 11.2. The summed E-state index contributed by atoms with van der Waals surface area (Å²) in [7, 11) is 0. The first-order valence-corrected chi connectivity index (χ1v) is 7.65. The Morgan fingerprint density at radius 1 is 1.30 bits per heavy atom. The Bertz CT molecular complexity index is 550. The van der Waals surface area contributed by atoms with Gasteiger partial charge in [-0.2, -0.15) is 5.26 Å². The van der Waals surface area contributed by atoms with E-state index in [1.807, 2.05) is 6.07 Å². The molecule has 1 rings (SSSR count). The lowest BCUT2D eigenvalue weighted by Gasteiger charge is -2.05. The molecule has 1 aromatic carbocycles. The van der Waals surface area contributed by atoms with E-state index in [0.717, 1.165) is 25.9 Å². The average Bonchev–Trinajstić information content (AvgIpc) is 2.55. The first kappa shape index (κ1) is 18.7. The number of benzene rings is 1. The van der Waals surface area contributed by atoms with Crippen LogP contribution in [-0.4, -0.2) is 25.7 Å². The molecule has 0 unspecified atom stereocenters. The zero-order chi connectivity index (χ0) is 16.9. The van der Waals surface area contributed by atoms with Crippen molar-refractivity contribution in [3.8, 4) is 6.07 Å². The second kappa shape index (κ2) is 11.2. The Morgan fingerprint density at radius 2 is 2.00 bits per heavy atom. The highest BCUT2D eigenvalue weighted by Gasteiger charge is 2.08. The number of amides is 1. The molecule has 0 aliphatic carbocycles. The summed E-state index contributed by atoms with van der Waals surface area (Å²) in [5.41, 5.74) is 0.392. The largest absolute Gasteiger partial charge is 0.390 e. The van der Waals surface area contributed by atoms with Crippen molar-refractivity contribution < 1.29 is 13.9 Å². The third kappa shape index (κ3) is 7.98. The van der Waals surface area contributed by atoms with Crippen LogP contribution in [0.2, 0.25) is 0 Å². The topological polar surface area (TPSA) is 74.1 Å². The fourth-order valence-electron chi connectivity index (χ4n) is 1.68. The summed E-state index contributed by atoms with van der Waals surface area (Å²) in [6.45, 7) is 4.12. The number of nitriles is 1. The molecule has 0 saturated carbocycles. The predicted molar refractivity (Wildman–Crippen MR) is 87.1 cm³/mol. The smallest absolute Gasteiger partial charge is 0.267 e. The van der Waals surface area contributed by atoms with Gasteiger partial charge in [0.1, 0.15) is 17.5 Å². The number of rotatable bonds is 10. The Hall–Kier alpha value is -2.39. The molecular formula is C17H22FN3O2. The van der Waals surface area contributed by atoms with Gasteiger partial charge in [-0.3, -0.25) is 4.79 Å². The summed E-state index contributed by atoms with van der Waals surface area (Å²) in [6.07, 6.45) is 4.33. The number of halogens is 1. The van der Waals surface area contributed by atoms with Crippen molar-refractivity contribution in [3.63, 3.8) is 0 Å². The second-order valence-corrected chi connectivity index (χ2v) is 4.90. The van der Waals surface area contributed by atoms with Gasteiger partial charge in [-0.25, -0.2) is 4.39 Å². The minimum Gasteiger partial charge on any atom is -0.390 e. The predicted octanol–water partition coefficient (Wildman–Crippen LogP) is 2.97. The summed E-state index contributed by atoms with van der Waals surface area (Å²) in [5, 5.41) is 14.5. The van der Waals surface area contributed by atoms with Gasteiger partial charge in [0, 0.05) is 31.6 Å². The van der Waals surface area contributed by atoms with Gasteiger partial charge < -0.3 is 15.4 Å². The number of hydrogen-bond acceptors (Lipinski definition) is 4. The first-order valence-electron chi connectivity index (χ1n) is 7.65. The summed E-state index contributed by atoms with van der Waals surface area (Å²) < 4.78 is 18.2. The lowest BCUT2D eigenvalue weighted by molar-refractivity contribution is -0.112. The van der Waals surface area contributed by atoms with Crippen LogP contribution in [0.15, 0.2) is 36.0 Å². The normalized spacial score (nSPS) is 10.9. The van der Waals surface area contributed by atoms with E-state index >= 15 is 0 Å². The molecular weight excluding hydrogens is 297 g/mol. The zero-order valence-corrected chi connectivity index (χ0v) is 13.3. The van der Waals surface area contributed by atoms with E-state index in [0.29, 0.717) is 18.8 Å². The number of carbonyl (C=O) groups is 1. The Labute approximate surface area is 136 Å². The van der Waals surface area contributed by atoms with Gasteiger partial charge in [0.05, 0.1) is 0 Å². The standard InChI is InChI=1S/C17H22FN3O2/c1-2-3-10-23-11-4-9-20-13-14(12-19)17(22)21-16-7-5-15(18)6-8-16/h5-8,13,20H,2-4,9-11H2,1H3,(H,21,22)/b14-13-. The number of carbonyl (C=O) groups excluding carboxylic acids is 1. The Morgan fingerprint density at radius 3 is 2.65 bits per heavy atom. The molecule has 0 saturated heterocycles. The van der Waals surface area contributed by atoms with Crippen LogP contribution in [0.5, 0.6) is 0 Å². The van der Waals surface area contributed by atoms with Crippen LogP contribution in [0.25, 0.3) is 0 Å². The van der Waals surface area contributed by atoms with Crippen LogP contribution < -0.4 is 10.6 Å². The SMILES string of the molecule is CCCCOCCCN/C=C(/C#N)C(=O)Nc1ccc(F)cc1. The summed E-state index contributed by atoms with van der Waals surface area (Å²) in [6, 6.07) is 7.18. The van der Waals surface area contributed by atoms with E-state index in [1.165, 1.54) is 30.5 Å². The molecule has 0 atom stereocenters. The van der Waals surface area contributed by atoms with Gasteiger partial charge >= 0.3 is 0 Å². The van der Waals surface area contributed by atoms with Crippen molar-refractivity contribution in [1.29, 1.82) is 5.26 Å². The second-order valence-electron chi connectivity index (χ2n) is 4.90. The Kier molecular flexibility index (Phi) is 9.10. The average molecular weight is 319 g/mol. The van der Waals surface area contributed by atoms with Crippen molar-refractivity contribution in [1.82, 2.24) is 5.32 Å².